The van der Waals surface area contributed by atoms with Gasteiger partial charge in [0.2, 0.25) is 11.8 Å². The van der Waals surface area contributed by atoms with Gasteiger partial charge in [0.15, 0.2) is 0 Å². The van der Waals surface area contributed by atoms with Gasteiger partial charge in [0.25, 0.3) is 0 Å². The number of nitrogens with one attached hydrogen (secondary N) is 1. The van der Waals surface area contributed by atoms with E-state index >= 15 is 0 Å². The van der Waals surface area contributed by atoms with E-state index in [9.17, 15) is 9.59 Å². The lowest BCUT2D eigenvalue weighted by atomic mass is 10.2. The molecule has 1 aromatic rings. The molecule has 1 aliphatic rings. The van der Waals surface area contributed by atoms with Crippen LogP contribution in [0.1, 0.15) is 44.1 Å². The number of rotatable bonds is 5. The quantitative estimate of drug-likeness (QED) is 0.824. The van der Waals surface area contributed by atoms with Crippen LogP contribution < -0.4 is 5.32 Å². The van der Waals surface area contributed by atoms with Gasteiger partial charge in [0.1, 0.15) is 11.5 Å². The summed E-state index contributed by atoms with van der Waals surface area (Å²) in [6.45, 7) is 3.82. The van der Waals surface area contributed by atoms with E-state index in [0.29, 0.717) is 25.1 Å². The van der Waals surface area contributed by atoms with Gasteiger partial charge in [-0.2, -0.15) is 0 Å². The number of hydrogen-bond donors (Lipinski definition) is 1. The normalized spacial score (nSPS) is 16.8. The van der Waals surface area contributed by atoms with E-state index in [1.54, 1.807) is 0 Å². The van der Waals surface area contributed by atoms with Crippen molar-refractivity contribution in [2.24, 2.45) is 0 Å². The zero-order valence-electron chi connectivity index (χ0n) is 11.3. The van der Waals surface area contributed by atoms with E-state index in [1.165, 1.54) is 4.90 Å². The lowest BCUT2D eigenvalue weighted by Gasteiger charge is -2.16. The minimum Gasteiger partial charge on any atom is -0.463 e. The largest absolute Gasteiger partial charge is 0.463 e. The van der Waals surface area contributed by atoms with Gasteiger partial charge in [0, 0.05) is 12.8 Å². The molecule has 5 heteroatoms. The predicted molar refractivity (Wildman–Crippen MR) is 70.1 cm³/mol. The molecule has 2 heterocycles. The van der Waals surface area contributed by atoms with Gasteiger partial charge in [-0.3, -0.25) is 14.5 Å². The van der Waals surface area contributed by atoms with Crippen LogP contribution in [0.2, 0.25) is 0 Å². The highest BCUT2D eigenvalue weighted by Crippen LogP contribution is 2.17. The van der Waals surface area contributed by atoms with Gasteiger partial charge in [0.05, 0.1) is 13.1 Å². The Morgan fingerprint density at radius 3 is 2.42 bits per heavy atom. The minimum atomic E-state index is -0.0906. The Morgan fingerprint density at radius 1 is 1.16 bits per heavy atom. The van der Waals surface area contributed by atoms with Crippen LogP contribution in [0.3, 0.4) is 0 Å². The van der Waals surface area contributed by atoms with Crippen LogP contribution in [0.4, 0.5) is 0 Å². The monoisotopic (exact) mass is 264 g/mol. The molecule has 1 fully saturated rings. The van der Waals surface area contributed by atoms with Gasteiger partial charge in [-0.1, -0.05) is 6.92 Å². The Hall–Kier alpha value is -1.62. The molecule has 1 aromatic heterocycles. The van der Waals surface area contributed by atoms with Crippen LogP contribution in [0.5, 0.6) is 0 Å². The number of furan rings is 1. The Kier molecular flexibility index (Phi) is 4.74. The molecule has 0 radical (unpaired) electrons. The summed E-state index contributed by atoms with van der Waals surface area (Å²) in [6.07, 6.45) is 2.50. The molecule has 2 rings (SSSR count). The highest BCUT2D eigenvalue weighted by molar-refractivity contribution is 5.95. The number of carbonyl (C=O) groups is 2. The Bertz CT molecular complexity index is 435. The molecule has 0 aliphatic carbocycles. The van der Waals surface area contributed by atoms with Crippen LogP contribution in [0.25, 0.3) is 0 Å². The van der Waals surface area contributed by atoms with E-state index in [1.807, 2.05) is 19.1 Å². The second-order valence-electron chi connectivity index (χ2n) is 4.73. The Balaban J connectivity index is 2.00. The fourth-order valence-electron chi connectivity index (χ4n) is 2.14. The summed E-state index contributed by atoms with van der Waals surface area (Å²) in [6, 6.07) is 3.71. The Morgan fingerprint density at radius 2 is 1.79 bits per heavy atom. The molecule has 1 aliphatic heterocycles. The van der Waals surface area contributed by atoms with Crippen molar-refractivity contribution in [3.63, 3.8) is 0 Å². The van der Waals surface area contributed by atoms with E-state index in [4.69, 9.17) is 4.42 Å². The topological polar surface area (TPSA) is 62.6 Å². The molecule has 0 saturated carbocycles. The van der Waals surface area contributed by atoms with Crippen molar-refractivity contribution in [1.29, 1.82) is 0 Å². The number of imide groups is 1. The molecule has 0 spiro atoms. The van der Waals surface area contributed by atoms with Crippen molar-refractivity contribution < 1.29 is 14.0 Å². The zero-order valence-corrected chi connectivity index (χ0v) is 11.3. The second-order valence-corrected chi connectivity index (χ2v) is 4.73. The molecular weight excluding hydrogens is 244 g/mol. The fraction of sp³-hybridized carbons (Fsp3) is 0.571. The van der Waals surface area contributed by atoms with Crippen LogP contribution in [0, 0.1) is 0 Å². The third-order valence-electron chi connectivity index (χ3n) is 3.21. The first-order chi connectivity index (χ1) is 9.20. The summed E-state index contributed by atoms with van der Waals surface area (Å²) >= 11 is 0. The van der Waals surface area contributed by atoms with Crippen molar-refractivity contribution in [3.05, 3.63) is 23.7 Å². The van der Waals surface area contributed by atoms with E-state index in [0.717, 1.165) is 25.1 Å². The van der Waals surface area contributed by atoms with Gasteiger partial charge in [-0.15, -0.1) is 0 Å². The van der Waals surface area contributed by atoms with Crippen LogP contribution >= 0.6 is 0 Å². The van der Waals surface area contributed by atoms with Crippen LogP contribution in [-0.2, 0) is 22.7 Å². The van der Waals surface area contributed by atoms with Gasteiger partial charge < -0.3 is 9.73 Å². The van der Waals surface area contributed by atoms with Crippen molar-refractivity contribution in [2.45, 2.75) is 45.7 Å². The molecule has 0 aromatic carbocycles. The van der Waals surface area contributed by atoms with E-state index < -0.39 is 0 Å². The van der Waals surface area contributed by atoms with Crippen molar-refractivity contribution in [3.8, 4) is 0 Å². The SMILES string of the molecule is CCNCc1ccc(CN2C(=O)CCCCC2=O)o1. The predicted octanol–water partition coefficient (Wildman–Crippen LogP) is 1.82. The maximum Gasteiger partial charge on any atom is 0.229 e. The third kappa shape index (κ3) is 3.67. The van der Waals surface area contributed by atoms with E-state index in [-0.39, 0.29) is 18.4 Å². The molecule has 104 valence electrons. The van der Waals surface area contributed by atoms with Gasteiger partial charge >= 0.3 is 0 Å². The highest BCUT2D eigenvalue weighted by Gasteiger charge is 2.24. The third-order valence-corrected chi connectivity index (χ3v) is 3.21. The average molecular weight is 264 g/mol. The van der Waals surface area contributed by atoms with Gasteiger partial charge in [-0.25, -0.2) is 0 Å². The van der Waals surface area contributed by atoms with Crippen molar-refractivity contribution in [1.82, 2.24) is 10.2 Å². The number of hydrogen-bond acceptors (Lipinski definition) is 4. The minimum absolute atomic E-state index is 0.0906. The van der Waals surface area contributed by atoms with Crippen molar-refractivity contribution in [2.75, 3.05) is 6.54 Å². The first-order valence-electron chi connectivity index (χ1n) is 6.82. The standard InChI is InChI=1S/C14H20N2O3/c1-2-15-9-11-7-8-12(19-11)10-16-13(17)5-3-4-6-14(16)18/h7-8,15H,2-6,9-10H2,1H3. The number of nitrogens with zero attached hydrogens (tertiary/aromatic N) is 1. The van der Waals surface area contributed by atoms with Crippen LogP contribution in [-0.4, -0.2) is 23.3 Å². The molecule has 0 bridgehead atoms. The molecular formula is C14H20N2O3. The average Bonchev–Trinajstić information content (AvgIpc) is 2.79. The highest BCUT2D eigenvalue weighted by atomic mass is 16.3. The second kappa shape index (κ2) is 6.52. The van der Waals surface area contributed by atoms with E-state index in [2.05, 4.69) is 5.32 Å². The maximum absolute atomic E-state index is 11.9. The van der Waals surface area contributed by atoms with Crippen molar-refractivity contribution >= 4 is 11.8 Å². The molecule has 2 amide bonds. The fourth-order valence-corrected chi connectivity index (χ4v) is 2.14. The zero-order chi connectivity index (χ0) is 13.7. The number of amides is 2. The molecule has 0 unspecified atom stereocenters. The summed E-state index contributed by atoms with van der Waals surface area (Å²) in [4.78, 5) is 25.0. The summed E-state index contributed by atoms with van der Waals surface area (Å²) in [5, 5.41) is 3.17. The molecule has 1 saturated heterocycles. The number of likely N-dealkylation sites (tertiary alicyclic amines) is 1. The smallest absolute Gasteiger partial charge is 0.229 e. The summed E-state index contributed by atoms with van der Waals surface area (Å²) in [5.41, 5.74) is 0. The summed E-state index contributed by atoms with van der Waals surface area (Å²) < 4.78 is 5.62. The lowest BCUT2D eigenvalue weighted by molar-refractivity contribution is -0.144. The first-order valence-corrected chi connectivity index (χ1v) is 6.82. The molecule has 5 nitrogen and oxygen atoms in total. The summed E-state index contributed by atoms with van der Waals surface area (Å²) in [7, 11) is 0. The lowest BCUT2D eigenvalue weighted by Crippen LogP contribution is -2.34. The Labute approximate surface area is 113 Å². The number of carbonyl (C=O) groups excluding carboxylic acids is 2. The molecule has 19 heavy (non-hydrogen) atoms. The van der Waals surface area contributed by atoms with Gasteiger partial charge in [-0.05, 0) is 31.5 Å². The summed E-state index contributed by atoms with van der Waals surface area (Å²) in [5.74, 6) is 1.31. The maximum atomic E-state index is 11.9. The molecule has 0 atom stereocenters. The van der Waals surface area contributed by atoms with Crippen LogP contribution in [0.15, 0.2) is 16.5 Å². The molecule has 1 N–H and O–H groups in total. The first kappa shape index (κ1) is 13.8.